The summed E-state index contributed by atoms with van der Waals surface area (Å²) in [5.41, 5.74) is 2.08. The number of hydrogen-bond donors (Lipinski definition) is 1. The van der Waals surface area contributed by atoms with Crippen LogP contribution in [0, 0.1) is 0 Å². The van der Waals surface area contributed by atoms with Gasteiger partial charge in [0, 0.05) is 12.2 Å². The predicted octanol–water partition coefficient (Wildman–Crippen LogP) is 2.51. The minimum absolute atomic E-state index is 0.0538. The maximum Gasteiger partial charge on any atom is 0.322 e. The lowest BCUT2D eigenvalue weighted by Crippen LogP contribution is -2.36. The number of carbonyl (C=O) groups is 1. The molecule has 0 radical (unpaired) electrons. The van der Waals surface area contributed by atoms with Gasteiger partial charge in [-0.15, -0.1) is 11.3 Å². The molecule has 1 N–H and O–H groups in total. The largest absolute Gasteiger partial charge is 0.468 e. The zero-order valence-electron chi connectivity index (χ0n) is 10.6. The number of thiophene rings is 1. The van der Waals surface area contributed by atoms with Crippen LogP contribution in [0.25, 0.3) is 10.2 Å². The van der Waals surface area contributed by atoms with Crippen LogP contribution in [-0.2, 0) is 9.53 Å². The summed E-state index contributed by atoms with van der Waals surface area (Å²) in [6.07, 6.45) is 1.84. The van der Waals surface area contributed by atoms with Crippen LogP contribution < -0.4 is 5.32 Å². The van der Waals surface area contributed by atoms with Crippen molar-refractivity contribution in [1.29, 1.82) is 0 Å². The van der Waals surface area contributed by atoms with E-state index in [0.29, 0.717) is 0 Å². The lowest BCUT2D eigenvalue weighted by molar-refractivity contribution is -0.142. The van der Waals surface area contributed by atoms with Gasteiger partial charge in [-0.3, -0.25) is 15.1 Å². The topological polar surface area (TPSA) is 51.2 Å². The van der Waals surface area contributed by atoms with E-state index < -0.39 is 0 Å². The van der Waals surface area contributed by atoms with Gasteiger partial charge >= 0.3 is 5.97 Å². The van der Waals surface area contributed by atoms with Crippen molar-refractivity contribution in [3.63, 3.8) is 0 Å². The maximum absolute atomic E-state index is 11.4. The summed E-state index contributed by atoms with van der Waals surface area (Å²) in [6, 6.07) is 3.83. The van der Waals surface area contributed by atoms with Crippen LogP contribution in [0.2, 0.25) is 0 Å². The summed E-state index contributed by atoms with van der Waals surface area (Å²) in [4.78, 5) is 15.7. The van der Waals surface area contributed by atoms with Crippen molar-refractivity contribution in [2.75, 3.05) is 7.11 Å². The molecule has 0 aliphatic heterocycles. The Morgan fingerprint density at radius 3 is 3.00 bits per heavy atom. The zero-order valence-corrected chi connectivity index (χ0v) is 11.5. The number of rotatable bonds is 4. The molecule has 96 valence electrons. The second-order valence-corrected chi connectivity index (χ2v) is 5.15. The third kappa shape index (κ3) is 2.68. The minimum atomic E-state index is -0.330. The van der Waals surface area contributed by atoms with Crippen LogP contribution in [0.1, 0.15) is 25.5 Å². The molecule has 4 nitrogen and oxygen atoms in total. The minimum Gasteiger partial charge on any atom is -0.468 e. The Hall–Kier alpha value is -1.46. The Morgan fingerprint density at radius 2 is 2.28 bits per heavy atom. The third-order valence-corrected chi connectivity index (χ3v) is 3.73. The van der Waals surface area contributed by atoms with Gasteiger partial charge in [-0.1, -0.05) is 0 Å². The van der Waals surface area contributed by atoms with Crippen molar-refractivity contribution in [3.8, 4) is 0 Å². The summed E-state index contributed by atoms with van der Waals surface area (Å²) in [5.74, 6) is -0.257. The van der Waals surface area contributed by atoms with Gasteiger partial charge in [-0.25, -0.2) is 0 Å². The van der Waals surface area contributed by atoms with E-state index in [2.05, 4.69) is 16.4 Å². The zero-order chi connectivity index (χ0) is 13.1. The van der Waals surface area contributed by atoms with E-state index in [1.807, 2.05) is 24.6 Å². The molecule has 0 saturated heterocycles. The first-order chi connectivity index (χ1) is 8.61. The van der Waals surface area contributed by atoms with Gasteiger partial charge in [0.25, 0.3) is 0 Å². The number of carbonyl (C=O) groups excluding carboxylic acids is 1. The second kappa shape index (κ2) is 5.46. The normalized spacial score (nSPS) is 14.4. The van der Waals surface area contributed by atoms with Gasteiger partial charge in [-0.2, -0.15) is 0 Å². The van der Waals surface area contributed by atoms with Crippen LogP contribution in [-0.4, -0.2) is 24.1 Å². The van der Waals surface area contributed by atoms with E-state index in [4.69, 9.17) is 4.74 Å². The van der Waals surface area contributed by atoms with E-state index >= 15 is 0 Å². The van der Waals surface area contributed by atoms with Crippen molar-refractivity contribution in [3.05, 3.63) is 29.3 Å². The van der Waals surface area contributed by atoms with Crippen LogP contribution in [0.4, 0.5) is 0 Å². The molecule has 5 heteroatoms. The van der Waals surface area contributed by atoms with Crippen LogP contribution >= 0.6 is 11.3 Å². The van der Waals surface area contributed by atoms with E-state index in [-0.39, 0.29) is 18.1 Å². The Kier molecular flexibility index (Phi) is 3.93. The Balaban J connectivity index is 2.12. The lowest BCUT2D eigenvalue weighted by Gasteiger charge is -2.18. The molecule has 18 heavy (non-hydrogen) atoms. The fourth-order valence-corrected chi connectivity index (χ4v) is 2.60. The molecule has 2 rings (SSSR count). The number of nitrogens with zero attached hydrogens (tertiary/aromatic N) is 1. The van der Waals surface area contributed by atoms with Gasteiger partial charge in [0.1, 0.15) is 6.04 Å². The van der Waals surface area contributed by atoms with E-state index in [1.165, 1.54) is 7.11 Å². The van der Waals surface area contributed by atoms with Crippen LogP contribution in [0.5, 0.6) is 0 Å². The molecular formula is C13H16N2O2S. The molecule has 2 aromatic heterocycles. The molecule has 0 aliphatic rings. The number of esters is 1. The SMILES string of the molecule is COC(=O)[C@H](C)NC(C)c1cnc2ccsc2c1. The number of nitrogens with one attached hydrogen (secondary N) is 1. The highest BCUT2D eigenvalue weighted by molar-refractivity contribution is 7.17. The standard InChI is InChI=1S/C13H16N2O2S/c1-8(15-9(2)13(16)17-3)10-6-12-11(14-7-10)4-5-18-12/h4-9,15H,1-3H3/t8?,9-/m0/s1. The molecule has 0 bridgehead atoms. The maximum atomic E-state index is 11.4. The average molecular weight is 264 g/mol. The highest BCUT2D eigenvalue weighted by Crippen LogP contribution is 2.22. The molecule has 2 atom stereocenters. The fraction of sp³-hybridized carbons (Fsp3) is 0.385. The smallest absolute Gasteiger partial charge is 0.322 e. The average Bonchev–Trinajstić information content (AvgIpc) is 2.84. The number of methoxy groups -OCH3 is 1. The molecule has 0 amide bonds. The number of ether oxygens (including phenoxy) is 1. The fourth-order valence-electron chi connectivity index (χ4n) is 1.81. The van der Waals surface area contributed by atoms with Gasteiger partial charge in [-0.05, 0) is 36.9 Å². The number of fused-ring (bicyclic) bond motifs is 1. The molecule has 2 aromatic rings. The monoisotopic (exact) mass is 264 g/mol. The van der Waals surface area contributed by atoms with Gasteiger partial charge < -0.3 is 4.74 Å². The molecule has 0 fully saturated rings. The molecule has 2 heterocycles. The molecule has 0 saturated carbocycles. The van der Waals surface area contributed by atoms with E-state index in [9.17, 15) is 4.79 Å². The van der Waals surface area contributed by atoms with Crippen LogP contribution in [0.3, 0.4) is 0 Å². The van der Waals surface area contributed by atoms with Crippen molar-refractivity contribution >= 4 is 27.5 Å². The second-order valence-electron chi connectivity index (χ2n) is 4.21. The molecule has 0 aromatic carbocycles. The first kappa shape index (κ1) is 13.0. The lowest BCUT2D eigenvalue weighted by atomic mass is 10.1. The van der Waals surface area contributed by atoms with E-state index in [1.54, 1.807) is 18.3 Å². The Labute approximate surface area is 110 Å². The number of pyridine rings is 1. The first-order valence-electron chi connectivity index (χ1n) is 5.79. The molecular weight excluding hydrogens is 248 g/mol. The van der Waals surface area contributed by atoms with Crippen molar-refractivity contribution < 1.29 is 9.53 Å². The van der Waals surface area contributed by atoms with Crippen molar-refractivity contribution in [2.45, 2.75) is 25.9 Å². The third-order valence-electron chi connectivity index (χ3n) is 2.88. The number of hydrogen-bond acceptors (Lipinski definition) is 5. The van der Waals surface area contributed by atoms with Crippen molar-refractivity contribution in [2.24, 2.45) is 0 Å². The summed E-state index contributed by atoms with van der Waals surface area (Å²) in [5, 5.41) is 5.22. The van der Waals surface area contributed by atoms with E-state index in [0.717, 1.165) is 15.8 Å². The summed E-state index contributed by atoms with van der Waals surface area (Å²) < 4.78 is 5.85. The summed E-state index contributed by atoms with van der Waals surface area (Å²) in [6.45, 7) is 3.80. The Morgan fingerprint density at radius 1 is 1.50 bits per heavy atom. The summed E-state index contributed by atoms with van der Waals surface area (Å²) >= 11 is 1.67. The van der Waals surface area contributed by atoms with Gasteiger partial charge in [0.05, 0.1) is 17.3 Å². The van der Waals surface area contributed by atoms with Gasteiger partial charge in [0.2, 0.25) is 0 Å². The highest BCUT2D eigenvalue weighted by atomic mass is 32.1. The molecule has 1 unspecified atom stereocenters. The quantitative estimate of drug-likeness (QED) is 0.862. The van der Waals surface area contributed by atoms with Crippen molar-refractivity contribution in [1.82, 2.24) is 10.3 Å². The van der Waals surface area contributed by atoms with Gasteiger partial charge in [0.15, 0.2) is 0 Å². The number of aromatic nitrogens is 1. The first-order valence-corrected chi connectivity index (χ1v) is 6.67. The Bertz CT molecular complexity index is 553. The molecule has 0 spiro atoms. The highest BCUT2D eigenvalue weighted by Gasteiger charge is 2.16. The molecule has 0 aliphatic carbocycles. The predicted molar refractivity (Wildman–Crippen MR) is 72.6 cm³/mol. The van der Waals surface area contributed by atoms with Crippen LogP contribution in [0.15, 0.2) is 23.7 Å². The summed E-state index contributed by atoms with van der Waals surface area (Å²) in [7, 11) is 1.39.